The summed E-state index contributed by atoms with van der Waals surface area (Å²) in [6, 6.07) is 0.186. The Hall–Kier alpha value is -1.54. The van der Waals surface area contributed by atoms with Crippen LogP contribution in [0.2, 0.25) is 0 Å². The van der Waals surface area contributed by atoms with Gasteiger partial charge in [-0.25, -0.2) is 0 Å². The predicted molar refractivity (Wildman–Crippen MR) is 87.2 cm³/mol. The Balaban J connectivity index is 2.10. The van der Waals surface area contributed by atoms with Crippen LogP contribution in [0.4, 0.5) is 0 Å². The maximum atomic E-state index is 5.89. The molecule has 0 heterocycles. The van der Waals surface area contributed by atoms with Crippen LogP contribution >= 0.6 is 0 Å². The molecule has 0 saturated heterocycles. The van der Waals surface area contributed by atoms with E-state index in [0.717, 1.165) is 31.5 Å². The zero-order valence-corrected chi connectivity index (χ0v) is 12.7. The first-order valence-electron chi connectivity index (χ1n) is 7.59. The quantitative estimate of drug-likeness (QED) is 0.801. The van der Waals surface area contributed by atoms with Gasteiger partial charge >= 0.3 is 0 Å². The van der Waals surface area contributed by atoms with Crippen molar-refractivity contribution < 1.29 is 0 Å². The maximum Gasteiger partial charge on any atom is 0.0299 e. The van der Waals surface area contributed by atoms with Crippen LogP contribution in [-0.2, 0) is 0 Å². The van der Waals surface area contributed by atoms with Crippen LogP contribution in [0.1, 0.15) is 33.1 Å². The van der Waals surface area contributed by atoms with Gasteiger partial charge in [-0.2, -0.15) is 0 Å². The fourth-order valence-corrected chi connectivity index (χ4v) is 2.76. The Kier molecular flexibility index (Phi) is 5.02. The van der Waals surface area contributed by atoms with Crippen molar-refractivity contribution in [2.45, 2.75) is 39.2 Å². The van der Waals surface area contributed by atoms with Crippen LogP contribution in [0.15, 0.2) is 59.4 Å². The molecule has 0 radical (unpaired) electrons. The van der Waals surface area contributed by atoms with Gasteiger partial charge in [0.05, 0.1) is 0 Å². The van der Waals surface area contributed by atoms with E-state index in [4.69, 9.17) is 5.73 Å². The molecular formula is C18H26N2. The molecule has 0 saturated carbocycles. The smallest absolute Gasteiger partial charge is 0.0299 e. The van der Waals surface area contributed by atoms with Gasteiger partial charge in [-0.05, 0) is 42.9 Å². The highest BCUT2D eigenvalue weighted by Crippen LogP contribution is 2.31. The Bertz CT molecular complexity index is 492. The van der Waals surface area contributed by atoms with E-state index in [1.54, 1.807) is 0 Å². The molecule has 108 valence electrons. The van der Waals surface area contributed by atoms with E-state index >= 15 is 0 Å². The van der Waals surface area contributed by atoms with Crippen molar-refractivity contribution in [3.63, 3.8) is 0 Å². The van der Waals surface area contributed by atoms with Crippen molar-refractivity contribution in [3.05, 3.63) is 59.4 Å². The van der Waals surface area contributed by atoms with E-state index in [-0.39, 0.29) is 6.04 Å². The molecule has 2 aliphatic carbocycles. The summed E-state index contributed by atoms with van der Waals surface area (Å²) in [5.74, 6) is 0.434. The predicted octanol–water partition coefficient (Wildman–Crippen LogP) is 3.61. The normalized spacial score (nSPS) is 23.6. The first kappa shape index (κ1) is 14.9. The van der Waals surface area contributed by atoms with Crippen molar-refractivity contribution in [2.75, 3.05) is 6.54 Å². The lowest BCUT2D eigenvalue weighted by molar-refractivity contribution is 0.756. The summed E-state index contributed by atoms with van der Waals surface area (Å²) in [5, 5.41) is 3.32. The molecule has 2 atom stereocenters. The summed E-state index contributed by atoms with van der Waals surface area (Å²) < 4.78 is 0. The van der Waals surface area contributed by atoms with E-state index in [0.29, 0.717) is 5.92 Å². The molecule has 0 aromatic heterocycles. The molecule has 3 N–H and O–H groups in total. The van der Waals surface area contributed by atoms with Gasteiger partial charge in [0.2, 0.25) is 0 Å². The maximum absolute atomic E-state index is 5.89. The van der Waals surface area contributed by atoms with Crippen LogP contribution in [0.5, 0.6) is 0 Å². The van der Waals surface area contributed by atoms with Gasteiger partial charge in [0.15, 0.2) is 0 Å². The number of allylic oxidation sites excluding steroid dienone is 6. The molecule has 2 heteroatoms. The Labute approximate surface area is 122 Å². The zero-order chi connectivity index (χ0) is 14.5. The van der Waals surface area contributed by atoms with E-state index in [1.165, 1.54) is 16.7 Å². The Morgan fingerprint density at radius 3 is 2.90 bits per heavy atom. The topological polar surface area (TPSA) is 38.0 Å². The molecule has 20 heavy (non-hydrogen) atoms. The fraction of sp³-hybridized carbons (Fsp3) is 0.444. The van der Waals surface area contributed by atoms with Crippen LogP contribution in [0.3, 0.4) is 0 Å². The van der Waals surface area contributed by atoms with E-state index in [9.17, 15) is 0 Å². The lowest BCUT2D eigenvalue weighted by Crippen LogP contribution is -2.19. The zero-order valence-electron chi connectivity index (χ0n) is 12.7. The van der Waals surface area contributed by atoms with Crippen LogP contribution in [0.25, 0.3) is 0 Å². The molecule has 0 aliphatic heterocycles. The van der Waals surface area contributed by atoms with E-state index in [1.807, 2.05) is 0 Å². The molecule has 0 amide bonds. The van der Waals surface area contributed by atoms with E-state index in [2.05, 4.69) is 56.1 Å². The fourth-order valence-electron chi connectivity index (χ4n) is 2.76. The summed E-state index contributed by atoms with van der Waals surface area (Å²) in [6.07, 6.45) is 14.4. The highest BCUT2D eigenvalue weighted by atomic mass is 14.9. The number of hydrogen-bond acceptors (Lipinski definition) is 2. The third-order valence-corrected chi connectivity index (χ3v) is 4.07. The second-order valence-corrected chi connectivity index (χ2v) is 5.61. The summed E-state index contributed by atoms with van der Waals surface area (Å²) >= 11 is 0. The van der Waals surface area contributed by atoms with Gasteiger partial charge in [0, 0.05) is 24.2 Å². The summed E-state index contributed by atoms with van der Waals surface area (Å²) in [7, 11) is 0. The molecule has 2 unspecified atom stereocenters. The molecular weight excluding hydrogens is 244 g/mol. The highest BCUT2D eigenvalue weighted by molar-refractivity contribution is 5.43. The summed E-state index contributed by atoms with van der Waals surface area (Å²) in [4.78, 5) is 0. The number of nitrogens with two attached hydrogens (primary N) is 1. The van der Waals surface area contributed by atoms with Gasteiger partial charge in [0.25, 0.3) is 0 Å². The highest BCUT2D eigenvalue weighted by Gasteiger charge is 2.17. The van der Waals surface area contributed by atoms with Crippen molar-refractivity contribution in [1.82, 2.24) is 5.32 Å². The van der Waals surface area contributed by atoms with Crippen molar-refractivity contribution in [3.8, 4) is 0 Å². The van der Waals surface area contributed by atoms with Crippen LogP contribution in [0, 0.1) is 5.92 Å². The number of likely N-dealkylation sites (N-methyl/N-ethyl adjacent to an activating group) is 1. The molecule has 2 rings (SSSR count). The Morgan fingerprint density at radius 2 is 2.25 bits per heavy atom. The van der Waals surface area contributed by atoms with Gasteiger partial charge in [-0.3, -0.25) is 0 Å². The average Bonchev–Trinajstić information content (AvgIpc) is 2.48. The molecule has 2 aliphatic rings. The van der Waals surface area contributed by atoms with Crippen molar-refractivity contribution in [2.24, 2.45) is 11.7 Å². The largest absolute Gasteiger partial charge is 0.386 e. The third kappa shape index (κ3) is 3.51. The molecule has 0 aromatic rings. The average molecular weight is 270 g/mol. The molecule has 0 spiro atoms. The number of hydrogen-bond donors (Lipinski definition) is 2. The second-order valence-electron chi connectivity index (χ2n) is 5.61. The molecule has 0 aromatic carbocycles. The Morgan fingerprint density at radius 1 is 1.45 bits per heavy atom. The summed E-state index contributed by atoms with van der Waals surface area (Å²) in [5.41, 5.74) is 11.1. The van der Waals surface area contributed by atoms with Crippen LogP contribution < -0.4 is 11.1 Å². The van der Waals surface area contributed by atoms with Crippen molar-refractivity contribution >= 4 is 0 Å². The second kappa shape index (κ2) is 6.76. The number of rotatable bonds is 5. The van der Waals surface area contributed by atoms with Crippen molar-refractivity contribution in [1.29, 1.82) is 0 Å². The minimum Gasteiger partial charge on any atom is -0.386 e. The lowest BCUT2D eigenvalue weighted by atomic mass is 9.84. The molecule has 2 nitrogen and oxygen atoms in total. The van der Waals surface area contributed by atoms with Gasteiger partial charge in [-0.15, -0.1) is 0 Å². The number of nitrogens with one attached hydrogen (secondary N) is 1. The minimum absolute atomic E-state index is 0.186. The SMILES string of the molecule is C=C(NCC)C1=CC(C(C)C2=CCC(N)C=C2)=CCC1. The molecule has 0 bridgehead atoms. The van der Waals surface area contributed by atoms with Gasteiger partial charge in [0.1, 0.15) is 0 Å². The lowest BCUT2D eigenvalue weighted by Gasteiger charge is -2.23. The first-order chi connectivity index (χ1) is 9.61. The monoisotopic (exact) mass is 270 g/mol. The summed E-state index contributed by atoms with van der Waals surface area (Å²) in [6.45, 7) is 9.44. The molecule has 0 fully saturated rings. The third-order valence-electron chi connectivity index (χ3n) is 4.07. The van der Waals surface area contributed by atoms with Crippen LogP contribution in [-0.4, -0.2) is 12.6 Å². The minimum atomic E-state index is 0.186. The van der Waals surface area contributed by atoms with E-state index < -0.39 is 0 Å². The van der Waals surface area contributed by atoms with Gasteiger partial charge in [-0.1, -0.05) is 43.9 Å². The standard InChI is InChI=1S/C18H26N2/c1-4-20-14(3)17-7-5-6-16(12-17)13(2)15-8-10-18(19)11-9-15/h6,8-10,12-13,18,20H,3-5,7,11,19H2,1-2H3. The first-order valence-corrected chi connectivity index (χ1v) is 7.59. The van der Waals surface area contributed by atoms with Gasteiger partial charge < -0.3 is 11.1 Å².